The first-order chi connectivity index (χ1) is 7.20. The van der Waals surface area contributed by atoms with Gasteiger partial charge in [-0.1, -0.05) is 12.2 Å². The Morgan fingerprint density at radius 2 is 2.13 bits per heavy atom. The van der Waals surface area contributed by atoms with Gasteiger partial charge >= 0.3 is 11.9 Å². The molecule has 4 heteroatoms. The molecule has 82 valence electrons. The molecule has 4 nitrogen and oxygen atoms in total. The third-order valence-corrected chi connectivity index (χ3v) is 3.14. The Kier molecular flexibility index (Phi) is 2.75. The normalized spacial score (nSPS) is 31.7. The van der Waals surface area contributed by atoms with E-state index in [-0.39, 0.29) is 18.5 Å². The molecule has 0 aromatic rings. The first-order valence-corrected chi connectivity index (χ1v) is 5.12. The van der Waals surface area contributed by atoms with E-state index in [1.165, 1.54) is 7.11 Å². The van der Waals surface area contributed by atoms with Crippen molar-refractivity contribution in [2.45, 2.75) is 12.8 Å². The van der Waals surface area contributed by atoms with Crippen molar-refractivity contribution in [2.75, 3.05) is 13.7 Å². The van der Waals surface area contributed by atoms with Gasteiger partial charge in [0.2, 0.25) is 0 Å². The number of methoxy groups -OCH3 is 1. The summed E-state index contributed by atoms with van der Waals surface area (Å²) in [6.07, 6.45) is 6.16. The number of carbonyl (C=O) groups excluding carboxylic acids is 2. The van der Waals surface area contributed by atoms with Crippen LogP contribution in [0.5, 0.6) is 0 Å². The molecule has 2 aliphatic rings. The number of rotatable bonds is 3. The largest absolute Gasteiger partial charge is 0.466 e. The number of hydrogen-bond acceptors (Lipinski definition) is 4. The lowest BCUT2D eigenvalue weighted by Gasteiger charge is -2.15. The Bertz CT molecular complexity index is 308. The highest BCUT2D eigenvalue weighted by molar-refractivity contribution is 5.78. The maximum atomic E-state index is 11.6. The molecule has 1 fully saturated rings. The number of esters is 2. The highest BCUT2D eigenvalue weighted by atomic mass is 16.6. The summed E-state index contributed by atoms with van der Waals surface area (Å²) in [5, 5.41) is 0. The molecule has 0 radical (unpaired) electrons. The summed E-state index contributed by atoms with van der Waals surface area (Å²) in [6, 6.07) is 0. The van der Waals surface area contributed by atoms with Crippen LogP contribution in [0.4, 0.5) is 0 Å². The molecule has 0 saturated heterocycles. The number of fused-ring (bicyclic) bond motifs is 2. The molecule has 2 aliphatic carbocycles. The van der Waals surface area contributed by atoms with Crippen LogP contribution in [0.1, 0.15) is 12.8 Å². The second-order valence-electron chi connectivity index (χ2n) is 4.07. The minimum Gasteiger partial charge on any atom is -0.466 e. The van der Waals surface area contributed by atoms with E-state index in [1.54, 1.807) is 0 Å². The van der Waals surface area contributed by atoms with E-state index >= 15 is 0 Å². The molecule has 2 bridgehead atoms. The summed E-state index contributed by atoms with van der Waals surface area (Å²) in [5.74, 6) is 0.0229. The second-order valence-corrected chi connectivity index (χ2v) is 4.07. The topological polar surface area (TPSA) is 52.6 Å². The fourth-order valence-corrected chi connectivity index (χ4v) is 2.35. The Labute approximate surface area is 88.2 Å². The lowest BCUT2D eigenvalue weighted by molar-refractivity contribution is -0.160. The van der Waals surface area contributed by atoms with Crippen molar-refractivity contribution in [2.24, 2.45) is 17.8 Å². The van der Waals surface area contributed by atoms with Gasteiger partial charge in [0.1, 0.15) is 0 Å². The molecular formula is C11H14O4. The van der Waals surface area contributed by atoms with Crippen LogP contribution in [0, 0.1) is 17.8 Å². The van der Waals surface area contributed by atoms with Crippen LogP contribution in [0.15, 0.2) is 12.2 Å². The summed E-state index contributed by atoms with van der Waals surface area (Å²) in [5.41, 5.74) is 0. The van der Waals surface area contributed by atoms with Crippen LogP contribution in [0.25, 0.3) is 0 Å². The van der Waals surface area contributed by atoms with Crippen molar-refractivity contribution in [1.82, 2.24) is 0 Å². The zero-order valence-electron chi connectivity index (χ0n) is 8.64. The van der Waals surface area contributed by atoms with Gasteiger partial charge in [0.25, 0.3) is 0 Å². The van der Waals surface area contributed by atoms with Crippen LogP contribution in [0.3, 0.4) is 0 Å². The fourth-order valence-electron chi connectivity index (χ4n) is 2.35. The van der Waals surface area contributed by atoms with Crippen molar-refractivity contribution >= 4 is 11.9 Å². The molecule has 3 unspecified atom stereocenters. The quantitative estimate of drug-likeness (QED) is 0.513. The first kappa shape index (κ1) is 10.2. The predicted molar refractivity (Wildman–Crippen MR) is 51.8 cm³/mol. The maximum absolute atomic E-state index is 11.6. The number of hydrogen-bond donors (Lipinski definition) is 0. The first-order valence-electron chi connectivity index (χ1n) is 5.12. The number of carbonyl (C=O) groups is 2. The Morgan fingerprint density at radius 3 is 2.67 bits per heavy atom. The van der Waals surface area contributed by atoms with Crippen molar-refractivity contribution in [3.63, 3.8) is 0 Å². The van der Waals surface area contributed by atoms with E-state index in [0.717, 1.165) is 12.8 Å². The molecule has 15 heavy (non-hydrogen) atoms. The minimum atomic E-state index is -0.512. The molecule has 2 rings (SSSR count). The summed E-state index contributed by atoms with van der Waals surface area (Å²) < 4.78 is 9.28. The smallest absolute Gasteiger partial charge is 0.344 e. The van der Waals surface area contributed by atoms with Crippen LogP contribution < -0.4 is 0 Å². The van der Waals surface area contributed by atoms with Crippen LogP contribution >= 0.6 is 0 Å². The van der Waals surface area contributed by atoms with E-state index in [4.69, 9.17) is 4.74 Å². The van der Waals surface area contributed by atoms with Gasteiger partial charge in [-0.15, -0.1) is 0 Å². The van der Waals surface area contributed by atoms with Gasteiger partial charge in [-0.3, -0.25) is 4.79 Å². The molecule has 0 aliphatic heterocycles. The molecule has 0 amide bonds. The van der Waals surface area contributed by atoms with Crippen LogP contribution in [-0.4, -0.2) is 25.7 Å². The average molecular weight is 210 g/mol. The van der Waals surface area contributed by atoms with Gasteiger partial charge in [0, 0.05) is 0 Å². The third kappa shape index (κ3) is 2.03. The molecule has 0 aromatic heterocycles. The number of allylic oxidation sites excluding steroid dienone is 2. The zero-order chi connectivity index (χ0) is 10.8. The van der Waals surface area contributed by atoms with E-state index in [9.17, 15) is 9.59 Å². The summed E-state index contributed by atoms with van der Waals surface area (Å²) in [4.78, 5) is 22.4. The Morgan fingerprint density at radius 1 is 1.33 bits per heavy atom. The molecule has 0 N–H and O–H groups in total. The molecule has 0 heterocycles. The monoisotopic (exact) mass is 210 g/mol. The predicted octanol–water partition coefficient (Wildman–Crippen LogP) is 0.915. The van der Waals surface area contributed by atoms with Gasteiger partial charge in [-0.05, 0) is 24.7 Å². The van der Waals surface area contributed by atoms with Crippen molar-refractivity contribution in [3.05, 3.63) is 12.2 Å². The highest BCUT2D eigenvalue weighted by Gasteiger charge is 2.40. The molecule has 1 saturated carbocycles. The highest BCUT2D eigenvalue weighted by Crippen LogP contribution is 2.43. The lowest BCUT2D eigenvalue weighted by atomic mass is 9.94. The van der Waals surface area contributed by atoms with Gasteiger partial charge in [0.15, 0.2) is 6.61 Å². The van der Waals surface area contributed by atoms with Gasteiger partial charge < -0.3 is 9.47 Å². The van der Waals surface area contributed by atoms with E-state index < -0.39 is 5.97 Å². The summed E-state index contributed by atoms with van der Waals surface area (Å²) in [7, 11) is 1.27. The Hall–Kier alpha value is -1.32. The molecule has 0 aromatic carbocycles. The van der Waals surface area contributed by atoms with Crippen molar-refractivity contribution in [3.8, 4) is 0 Å². The third-order valence-electron chi connectivity index (χ3n) is 3.14. The molecule has 3 atom stereocenters. The lowest BCUT2D eigenvalue weighted by Crippen LogP contribution is -2.24. The van der Waals surface area contributed by atoms with Crippen molar-refractivity contribution in [1.29, 1.82) is 0 Å². The second kappa shape index (κ2) is 4.04. The van der Waals surface area contributed by atoms with E-state index in [2.05, 4.69) is 16.9 Å². The minimum absolute atomic E-state index is 0.0512. The van der Waals surface area contributed by atoms with E-state index in [1.807, 2.05) is 0 Å². The fraction of sp³-hybridized carbons (Fsp3) is 0.636. The van der Waals surface area contributed by atoms with E-state index in [0.29, 0.717) is 11.8 Å². The zero-order valence-corrected chi connectivity index (χ0v) is 8.64. The standard InChI is InChI=1S/C11H14O4/c1-14-10(12)6-15-11(13)9-5-7-2-3-8(9)4-7/h2-3,7-9H,4-6H2,1H3. The summed E-state index contributed by atoms with van der Waals surface area (Å²) in [6.45, 7) is -0.271. The van der Waals surface area contributed by atoms with Crippen LogP contribution in [0.2, 0.25) is 0 Å². The molecular weight excluding hydrogens is 196 g/mol. The van der Waals surface area contributed by atoms with Crippen LogP contribution in [-0.2, 0) is 19.1 Å². The van der Waals surface area contributed by atoms with Gasteiger partial charge in [-0.25, -0.2) is 4.79 Å². The van der Waals surface area contributed by atoms with Crippen molar-refractivity contribution < 1.29 is 19.1 Å². The molecule has 0 spiro atoms. The maximum Gasteiger partial charge on any atom is 0.344 e. The Balaban J connectivity index is 1.82. The van der Waals surface area contributed by atoms with Gasteiger partial charge in [0.05, 0.1) is 13.0 Å². The van der Waals surface area contributed by atoms with Gasteiger partial charge in [-0.2, -0.15) is 0 Å². The summed E-state index contributed by atoms with van der Waals surface area (Å²) >= 11 is 0. The average Bonchev–Trinajstić information content (AvgIpc) is 2.86. The SMILES string of the molecule is COC(=O)COC(=O)C1CC2C=CC1C2. The number of ether oxygens (including phenoxy) is 2.